The number of methoxy groups -OCH3 is 1. The Balaban J connectivity index is 1.87. The number of hydrogen-bond acceptors (Lipinski definition) is 5. The summed E-state index contributed by atoms with van der Waals surface area (Å²) in [5.41, 5.74) is 3.58. The summed E-state index contributed by atoms with van der Waals surface area (Å²) in [4.78, 5) is 12.4. The van der Waals surface area contributed by atoms with Crippen LogP contribution in [0.25, 0.3) is 0 Å². The fraction of sp³-hybridized carbons (Fsp3) is 0.304. The predicted octanol–water partition coefficient (Wildman–Crippen LogP) is 3.79. The zero-order valence-corrected chi connectivity index (χ0v) is 18.2. The molecule has 1 saturated heterocycles. The standard InChI is InChI=1S/C23H26N2O4S/c1-5-28-19-12-17(21-20(22(26)27-4)15(3)24-23(30)25-21)10-11-18(19)29-13-16-8-6-14(2)7-9-16/h6-12,20-21H,3,5,13H2,1-2,4H3,(H2,24,25,30). The zero-order chi connectivity index (χ0) is 21.7. The molecule has 1 heterocycles. The van der Waals surface area contributed by atoms with E-state index in [1.807, 2.05) is 44.2 Å². The van der Waals surface area contributed by atoms with Crippen LogP contribution in [0, 0.1) is 12.8 Å². The Morgan fingerprint density at radius 1 is 1.13 bits per heavy atom. The molecule has 2 aromatic rings. The van der Waals surface area contributed by atoms with Gasteiger partial charge in [0.1, 0.15) is 12.5 Å². The molecule has 30 heavy (non-hydrogen) atoms. The lowest BCUT2D eigenvalue weighted by atomic mass is 9.89. The molecule has 0 spiro atoms. The first-order valence-electron chi connectivity index (χ1n) is 9.72. The highest BCUT2D eigenvalue weighted by Gasteiger charge is 2.37. The van der Waals surface area contributed by atoms with Crippen molar-refractivity contribution < 1.29 is 19.0 Å². The van der Waals surface area contributed by atoms with Crippen LogP contribution < -0.4 is 20.1 Å². The molecule has 0 radical (unpaired) electrons. The maximum Gasteiger partial charge on any atom is 0.317 e. The van der Waals surface area contributed by atoms with E-state index >= 15 is 0 Å². The first-order valence-corrected chi connectivity index (χ1v) is 10.1. The first-order chi connectivity index (χ1) is 14.4. The van der Waals surface area contributed by atoms with E-state index < -0.39 is 17.9 Å². The van der Waals surface area contributed by atoms with Crippen molar-refractivity contribution in [2.24, 2.45) is 5.92 Å². The normalized spacial score (nSPS) is 18.2. The van der Waals surface area contributed by atoms with E-state index in [9.17, 15) is 4.79 Å². The second-order valence-corrected chi connectivity index (χ2v) is 7.42. The van der Waals surface area contributed by atoms with Gasteiger partial charge in [-0.15, -0.1) is 0 Å². The van der Waals surface area contributed by atoms with E-state index in [1.165, 1.54) is 12.7 Å². The third kappa shape index (κ3) is 4.91. The van der Waals surface area contributed by atoms with Crippen molar-refractivity contribution in [1.29, 1.82) is 0 Å². The topological polar surface area (TPSA) is 68.8 Å². The lowest BCUT2D eigenvalue weighted by Crippen LogP contribution is -2.50. The number of nitrogens with one attached hydrogen (secondary N) is 2. The number of benzene rings is 2. The van der Waals surface area contributed by atoms with E-state index in [0.717, 1.165) is 11.1 Å². The fourth-order valence-electron chi connectivity index (χ4n) is 3.32. The van der Waals surface area contributed by atoms with Crippen molar-refractivity contribution in [3.8, 4) is 11.5 Å². The first kappa shape index (κ1) is 21.6. The van der Waals surface area contributed by atoms with Gasteiger partial charge in [0.05, 0.1) is 19.8 Å². The number of rotatable bonds is 7. The average molecular weight is 427 g/mol. The van der Waals surface area contributed by atoms with Gasteiger partial charge in [-0.1, -0.05) is 42.5 Å². The van der Waals surface area contributed by atoms with Gasteiger partial charge in [-0.3, -0.25) is 4.79 Å². The molecule has 0 amide bonds. The molecule has 1 fully saturated rings. The SMILES string of the molecule is C=C1NC(=S)NC(c2ccc(OCc3ccc(C)cc3)c(OCC)c2)C1C(=O)OC. The van der Waals surface area contributed by atoms with Gasteiger partial charge in [0.2, 0.25) is 0 Å². The second-order valence-electron chi connectivity index (χ2n) is 7.02. The van der Waals surface area contributed by atoms with Gasteiger partial charge in [-0.2, -0.15) is 0 Å². The maximum absolute atomic E-state index is 12.4. The molecule has 3 rings (SSSR count). The highest BCUT2D eigenvalue weighted by Crippen LogP contribution is 2.36. The molecule has 2 atom stereocenters. The summed E-state index contributed by atoms with van der Waals surface area (Å²) < 4.78 is 16.8. The number of aryl methyl sites for hydroxylation is 1. The van der Waals surface area contributed by atoms with E-state index in [1.54, 1.807) is 0 Å². The molecule has 2 aromatic carbocycles. The minimum Gasteiger partial charge on any atom is -0.490 e. The fourth-order valence-corrected chi connectivity index (χ4v) is 3.58. The van der Waals surface area contributed by atoms with Gasteiger partial charge in [0, 0.05) is 5.70 Å². The smallest absolute Gasteiger partial charge is 0.317 e. The highest BCUT2D eigenvalue weighted by atomic mass is 32.1. The van der Waals surface area contributed by atoms with E-state index in [2.05, 4.69) is 29.3 Å². The predicted molar refractivity (Wildman–Crippen MR) is 119 cm³/mol. The summed E-state index contributed by atoms with van der Waals surface area (Å²) in [7, 11) is 1.35. The number of carbonyl (C=O) groups excluding carboxylic acids is 1. The Morgan fingerprint density at radius 3 is 2.53 bits per heavy atom. The lowest BCUT2D eigenvalue weighted by Gasteiger charge is -2.34. The average Bonchev–Trinajstić information content (AvgIpc) is 2.73. The van der Waals surface area contributed by atoms with E-state index in [0.29, 0.717) is 35.5 Å². The van der Waals surface area contributed by atoms with E-state index in [4.69, 9.17) is 26.4 Å². The van der Waals surface area contributed by atoms with Gasteiger partial charge in [-0.25, -0.2) is 0 Å². The van der Waals surface area contributed by atoms with Gasteiger partial charge in [-0.05, 0) is 49.3 Å². The molecule has 158 valence electrons. The van der Waals surface area contributed by atoms with Crippen molar-refractivity contribution in [1.82, 2.24) is 10.6 Å². The summed E-state index contributed by atoms with van der Waals surface area (Å²) in [5, 5.41) is 6.45. The number of hydrogen-bond donors (Lipinski definition) is 2. The Morgan fingerprint density at radius 2 is 1.87 bits per heavy atom. The van der Waals surface area contributed by atoms with Gasteiger partial charge in [0.25, 0.3) is 0 Å². The molecule has 7 heteroatoms. The van der Waals surface area contributed by atoms with Crippen LogP contribution in [0.2, 0.25) is 0 Å². The number of esters is 1. The lowest BCUT2D eigenvalue weighted by molar-refractivity contribution is -0.145. The van der Waals surface area contributed by atoms with Gasteiger partial charge in [0.15, 0.2) is 16.6 Å². The van der Waals surface area contributed by atoms with Crippen LogP contribution in [-0.2, 0) is 16.1 Å². The van der Waals surface area contributed by atoms with Crippen molar-refractivity contribution in [2.45, 2.75) is 26.5 Å². The zero-order valence-electron chi connectivity index (χ0n) is 17.4. The molecular weight excluding hydrogens is 400 g/mol. The third-order valence-corrected chi connectivity index (χ3v) is 5.09. The van der Waals surface area contributed by atoms with Crippen LogP contribution in [0.3, 0.4) is 0 Å². The molecule has 2 N–H and O–H groups in total. The largest absolute Gasteiger partial charge is 0.490 e. The van der Waals surface area contributed by atoms with Crippen molar-refractivity contribution >= 4 is 23.3 Å². The summed E-state index contributed by atoms with van der Waals surface area (Å²) in [6.07, 6.45) is 0. The molecule has 0 aliphatic carbocycles. The van der Waals surface area contributed by atoms with Crippen molar-refractivity contribution in [3.63, 3.8) is 0 Å². The monoisotopic (exact) mass is 426 g/mol. The number of ether oxygens (including phenoxy) is 3. The number of carbonyl (C=O) groups is 1. The molecule has 6 nitrogen and oxygen atoms in total. The van der Waals surface area contributed by atoms with Crippen LogP contribution in [0.15, 0.2) is 54.7 Å². The number of thiocarbonyl (C=S) groups is 1. The molecule has 1 aliphatic rings. The molecule has 0 bridgehead atoms. The van der Waals surface area contributed by atoms with Crippen LogP contribution in [0.1, 0.15) is 29.7 Å². The Hall–Kier alpha value is -3.06. The van der Waals surface area contributed by atoms with Gasteiger partial charge < -0.3 is 24.8 Å². The summed E-state index contributed by atoms with van der Waals surface area (Å²) in [6.45, 7) is 8.81. The molecule has 0 aromatic heterocycles. The summed E-state index contributed by atoms with van der Waals surface area (Å²) in [5.74, 6) is 0.203. The Bertz CT molecular complexity index is 943. The summed E-state index contributed by atoms with van der Waals surface area (Å²) >= 11 is 5.26. The van der Waals surface area contributed by atoms with Crippen LogP contribution in [-0.4, -0.2) is 24.8 Å². The van der Waals surface area contributed by atoms with Crippen LogP contribution in [0.4, 0.5) is 0 Å². The van der Waals surface area contributed by atoms with E-state index in [-0.39, 0.29) is 0 Å². The van der Waals surface area contributed by atoms with Gasteiger partial charge >= 0.3 is 5.97 Å². The van der Waals surface area contributed by atoms with Crippen LogP contribution >= 0.6 is 12.2 Å². The second kappa shape index (κ2) is 9.63. The Labute approximate surface area is 182 Å². The van der Waals surface area contributed by atoms with Crippen LogP contribution in [0.5, 0.6) is 11.5 Å². The Kier molecular flexibility index (Phi) is 6.95. The highest BCUT2D eigenvalue weighted by molar-refractivity contribution is 7.80. The molecule has 0 saturated carbocycles. The maximum atomic E-state index is 12.4. The minimum absolute atomic E-state index is 0.398. The third-order valence-electron chi connectivity index (χ3n) is 4.87. The summed E-state index contributed by atoms with van der Waals surface area (Å²) in [6, 6.07) is 13.4. The van der Waals surface area contributed by atoms with Crippen molar-refractivity contribution in [3.05, 3.63) is 71.4 Å². The molecule has 1 aliphatic heterocycles. The molecular formula is C23H26N2O4S. The molecule has 2 unspecified atom stereocenters. The van der Waals surface area contributed by atoms with Crippen molar-refractivity contribution in [2.75, 3.05) is 13.7 Å². The quantitative estimate of drug-likeness (QED) is 0.516. The minimum atomic E-state index is -0.629.